The smallest absolute Gasteiger partial charge is 0.368 e. The van der Waals surface area contributed by atoms with Crippen LogP contribution in [0.15, 0.2) is 23.6 Å². The number of amides is 1. The molecule has 1 amide bonds. The second kappa shape index (κ2) is 9.10. The van der Waals surface area contributed by atoms with Crippen molar-refractivity contribution in [2.45, 2.75) is 51.2 Å². The fraction of sp³-hybridized carbons (Fsp3) is 0.640. The summed E-state index contributed by atoms with van der Waals surface area (Å²) < 4.78 is 39.7. The summed E-state index contributed by atoms with van der Waals surface area (Å²) in [6.07, 6.45) is 1.34. The molecule has 1 saturated heterocycles. The number of anilines is 1. The van der Waals surface area contributed by atoms with Crippen LogP contribution in [0.25, 0.3) is 10.1 Å². The minimum atomic E-state index is -4.31. The molecule has 3 aliphatic rings. The molecular weight excluding hydrogens is 447 g/mol. The van der Waals surface area contributed by atoms with Gasteiger partial charge in [0.15, 0.2) is 0 Å². The first-order valence-electron chi connectivity index (χ1n) is 12.1. The maximum Gasteiger partial charge on any atom is 0.416 e. The van der Waals surface area contributed by atoms with Gasteiger partial charge in [0.1, 0.15) is 0 Å². The van der Waals surface area contributed by atoms with Gasteiger partial charge in [-0.2, -0.15) is 13.2 Å². The molecule has 180 valence electrons. The van der Waals surface area contributed by atoms with E-state index in [1.165, 1.54) is 36.3 Å². The summed E-state index contributed by atoms with van der Waals surface area (Å²) >= 11 is 1.38. The number of nitrogens with one attached hydrogen (secondary N) is 1. The van der Waals surface area contributed by atoms with Crippen molar-refractivity contribution in [3.8, 4) is 0 Å². The molecule has 0 spiro atoms. The number of piperazine rings is 1. The third-order valence-corrected chi connectivity index (χ3v) is 8.64. The van der Waals surface area contributed by atoms with E-state index < -0.39 is 11.7 Å². The molecule has 1 aromatic carbocycles. The van der Waals surface area contributed by atoms with Gasteiger partial charge in [-0.25, -0.2) is 0 Å². The average molecular weight is 480 g/mol. The maximum atomic E-state index is 13.0. The Morgan fingerprint density at radius 2 is 1.85 bits per heavy atom. The fourth-order valence-electron chi connectivity index (χ4n) is 5.42. The second-order valence-corrected chi connectivity index (χ2v) is 11.1. The predicted octanol–water partition coefficient (Wildman–Crippen LogP) is 5.37. The standard InChI is InChI=1S/C25H32F3N3OS/c1-16-2-5-19(6-3-16)29-24(32)21-12-17(21)14-30-8-10-31(11-9-30)22-15-33-23-13-18(25(26,27)28)4-7-20(22)23/h4,7,13,15-17,19,21H,2-3,5-6,8-12,14H2,1H3,(H,29,32)/t16-,17-,19-,21+/m1/s1. The molecule has 0 unspecified atom stereocenters. The van der Waals surface area contributed by atoms with Gasteiger partial charge in [0.25, 0.3) is 0 Å². The molecule has 5 rings (SSSR count). The first-order valence-corrected chi connectivity index (χ1v) is 13.0. The van der Waals surface area contributed by atoms with Crippen molar-refractivity contribution in [2.75, 3.05) is 37.6 Å². The first-order chi connectivity index (χ1) is 15.8. The van der Waals surface area contributed by atoms with Crippen LogP contribution in [0.5, 0.6) is 0 Å². The van der Waals surface area contributed by atoms with Gasteiger partial charge in [0, 0.05) is 60.1 Å². The molecule has 2 aliphatic carbocycles. The van der Waals surface area contributed by atoms with Gasteiger partial charge in [-0.05, 0) is 56.1 Å². The zero-order valence-electron chi connectivity index (χ0n) is 19.0. The predicted molar refractivity (Wildman–Crippen MR) is 127 cm³/mol. The molecule has 0 radical (unpaired) electrons. The summed E-state index contributed by atoms with van der Waals surface area (Å²) in [6, 6.07) is 4.41. The van der Waals surface area contributed by atoms with Gasteiger partial charge >= 0.3 is 6.18 Å². The number of nitrogens with zero attached hydrogens (tertiary/aromatic N) is 2. The number of hydrogen-bond acceptors (Lipinski definition) is 4. The normalized spacial score (nSPS) is 28.8. The van der Waals surface area contributed by atoms with Gasteiger partial charge < -0.3 is 10.2 Å². The van der Waals surface area contributed by atoms with Crippen LogP contribution < -0.4 is 10.2 Å². The van der Waals surface area contributed by atoms with Crippen LogP contribution in [0, 0.1) is 17.8 Å². The quantitative estimate of drug-likeness (QED) is 0.626. The van der Waals surface area contributed by atoms with Gasteiger partial charge in [-0.15, -0.1) is 11.3 Å². The van der Waals surface area contributed by atoms with E-state index in [0.717, 1.165) is 69.0 Å². The van der Waals surface area contributed by atoms with Crippen LogP contribution in [0.1, 0.15) is 44.6 Å². The highest BCUT2D eigenvalue weighted by molar-refractivity contribution is 7.17. The number of hydrogen-bond donors (Lipinski definition) is 1. The zero-order chi connectivity index (χ0) is 23.2. The van der Waals surface area contributed by atoms with Crippen LogP contribution in [0.3, 0.4) is 0 Å². The van der Waals surface area contributed by atoms with Crippen LogP contribution in [0.4, 0.5) is 18.9 Å². The molecular formula is C25H32F3N3OS. The van der Waals surface area contributed by atoms with Crippen molar-refractivity contribution in [1.82, 2.24) is 10.2 Å². The lowest BCUT2D eigenvalue weighted by atomic mass is 9.87. The fourth-order valence-corrected chi connectivity index (χ4v) is 6.43. The minimum Gasteiger partial charge on any atom is -0.368 e. The van der Waals surface area contributed by atoms with E-state index in [1.54, 1.807) is 6.07 Å². The lowest BCUT2D eigenvalue weighted by molar-refractivity contribution is -0.137. The topological polar surface area (TPSA) is 35.6 Å². The Labute approximate surface area is 197 Å². The summed E-state index contributed by atoms with van der Waals surface area (Å²) in [5.74, 6) is 1.67. The van der Waals surface area contributed by atoms with Gasteiger partial charge in [0.05, 0.1) is 11.3 Å². The molecule has 1 aromatic heterocycles. The summed E-state index contributed by atoms with van der Waals surface area (Å²) in [5.41, 5.74) is 0.447. The number of carbonyl (C=O) groups is 1. The molecule has 1 aliphatic heterocycles. The van der Waals surface area contributed by atoms with Crippen LogP contribution in [-0.4, -0.2) is 49.6 Å². The average Bonchev–Trinajstić information content (AvgIpc) is 3.43. The molecule has 33 heavy (non-hydrogen) atoms. The van der Waals surface area contributed by atoms with Gasteiger partial charge in [0.2, 0.25) is 5.91 Å². The number of halogens is 3. The lowest BCUT2D eigenvalue weighted by Crippen LogP contribution is -2.47. The van der Waals surface area contributed by atoms with E-state index in [9.17, 15) is 18.0 Å². The third kappa shape index (κ3) is 5.16. The molecule has 2 saturated carbocycles. The largest absolute Gasteiger partial charge is 0.416 e. The van der Waals surface area contributed by atoms with E-state index in [2.05, 4.69) is 22.0 Å². The van der Waals surface area contributed by atoms with Gasteiger partial charge in [-0.1, -0.05) is 13.0 Å². The van der Waals surface area contributed by atoms with E-state index in [1.807, 2.05) is 5.38 Å². The molecule has 1 N–H and O–H groups in total. The van der Waals surface area contributed by atoms with E-state index >= 15 is 0 Å². The number of fused-ring (bicyclic) bond motifs is 1. The second-order valence-electron chi connectivity index (χ2n) is 10.2. The van der Waals surface area contributed by atoms with Crippen molar-refractivity contribution in [3.63, 3.8) is 0 Å². The van der Waals surface area contributed by atoms with Crippen molar-refractivity contribution >= 4 is 33.0 Å². The Morgan fingerprint density at radius 1 is 1.12 bits per heavy atom. The van der Waals surface area contributed by atoms with Crippen LogP contribution in [-0.2, 0) is 11.0 Å². The number of alkyl halides is 3. The highest BCUT2D eigenvalue weighted by Gasteiger charge is 2.44. The Morgan fingerprint density at radius 3 is 2.55 bits per heavy atom. The molecule has 2 aromatic rings. The molecule has 2 atom stereocenters. The summed E-state index contributed by atoms with van der Waals surface area (Å²) in [6.45, 7) is 6.81. The molecule has 0 bridgehead atoms. The maximum absolute atomic E-state index is 13.0. The third-order valence-electron chi connectivity index (χ3n) is 7.71. The summed E-state index contributed by atoms with van der Waals surface area (Å²) in [4.78, 5) is 17.3. The SMILES string of the molecule is C[C@H]1CC[C@H](NC(=O)[C@H]2C[C@@H]2CN2CCN(c3csc4cc(C(F)(F)F)ccc34)CC2)CC1. The van der Waals surface area contributed by atoms with E-state index in [0.29, 0.717) is 16.7 Å². The Bertz CT molecular complexity index is 990. The lowest BCUT2D eigenvalue weighted by Gasteiger charge is -2.36. The van der Waals surface area contributed by atoms with Crippen molar-refractivity contribution in [3.05, 3.63) is 29.1 Å². The highest BCUT2D eigenvalue weighted by Crippen LogP contribution is 2.41. The number of thiophene rings is 1. The Kier molecular flexibility index (Phi) is 6.33. The van der Waals surface area contributed by atoms with Crippen molar-refractivity contribution in [2.24, 2.45) is 17.8 Å². The number of rotatable bonds is 5. The first kappa shape index (κ1) is 23.0. The Hall–Kier alpha value is -1.80. The summed E-state index contributed by atoms with van der Waals surface area (Å²) in [5, 5.41) is 6.17. The molecule has 2 heterocycles. The molecule has 3 fully saturated rings. The van der Waals surface area contributed by atoms with Gasteiger partial charge in [-0.3, -0.25) is 9.69 Å². The monoisotopic (exact) mass is 479 g/mol. The number of benzene rings is 1. The molecule has 4 nitrogen and oxygen atoms in total. The van der Waals surface area contributed by atoms with Crippen molar-refractivity contribution in [1.29, 1.82) is 0 Å². The summed E-state index contributed by atoms with van der Waals surface area (Å²) in [7, 11) is 0. The van der Waals surface area contributed by atoms with E-state index in [4.69, 9.17) is 0 Å². The van der Waals surface area contributed by atoms with Crippen LogP contribution >= 0.6 is 11.3 Å². The number of carbonyl (C=O) groups excluding carboxylic acids is 1. The van der Waals surface area contributed by atoms with Crippen molar-refractivity contribution < 1.29 is 18.0 Å². The van der Waals surface area contributed by atoms with E-state index in [-0.39, 0.29) is 11.8 Å². The Balaban J connectivity index is 1.10. The highest BCUT2D eigenvalue weighted by atomic mass is 32.1. The van der Waals surface area contributed by atoms with Crippen LogP contribution in [0.2, 0.25) is 0 Å². The minimum absolute atomic E-state index is 0.172. The zero-order valence-corrected chi connectivity index (χ0v) is 19.9. The molecule has 8 heteroatoms.